The van der Waals surface area contributed by atoms with Crippen LogP contribution in [0.4, 0.5) is 0 Å². The Morgan fingerprint density at radius 1 is 1.47 bits per heavy atom. The molecule has 3 rings (SSSR count). The molecule has 0 spiro atoms. The summed E-state index contributed by atoms with van der Waals surface area (Å²) in [5.41, 5.74) is 3.58. The van der Waals surface area contributed by atoms with Crippen LogP contribution in [0.1, 0.15) is 31.1 Å². The summed E-state index contributed by atoms with van der Waals surface area (Å²) in [5, 5.41) is 1.68. The molecule has 1 aliphatic carbocycles. The molecule has 1 aliphatic rings. The van der Waals surface area contributed by atoms with Crippen molar-refractivity contribution in [2.75, 3.05) is 0 Å². The molecule has 0 radical (unpaired) electrons. The number of halogens is 1. The van der Waals surface area contributed by atoms with Crippen LogP contribution in [0.15, 0.2) is 28.7 Å². The molecule has 0 saturated heterocycles. The third kappa shape index (κ3) is 2.18. The van der Waals surface area contributed by atoms with E-state index in [1.807, 2.05) is 24.3 Å². The van der Waals surface area contributed by atoms with Crippen LogP contribution in [-0.2, 0) is 0 Å². The first-order valence-corrected chi connectivity index (χ1v) is 6.30. The lowest BCUT2D eigenvalue weighted by molar-refractivity contribution is 0.402. The minimum atomic E-state index is 0.0889. The summed E-state index contributed by atoms with van der Waals surface area (Å²) in [4.78, 5) is 0. The van der Waals surface area contributed by atoms with Gasteiger partial charge >= 0.3 is 0 Å². The van der Waals surface area contributed by atoms with E-state index in [1.165, 1.54) is 12.8 Å². The molecule has 0 amide bonds. The highest BCUT2D eigenvalue weighted by Crippen LogP contribution is 2.39. The Morgan fingerprint density at radius 3 is 2.94 bits per heavy atom. The van der Waals surface area contributed by atoms with E-state index in [0.717, 1.165) is 29.1 Å². The summed E-state index contributed by atoms with van der Waals surface area (Å²) in [6.07, 6.45) is 3.65. The highest BCUT2D eigenvalue weighted by Gasteiger charge is 2.27. The highest BCUT2D eigenvalue weighted by atomic mass is 35.5. The lowest BCUT2D eigenvalue weighted by atomic mass is 10.1. The first-order valence-electron chi connectivity index (χ1n) is 5.92. The third-order valence-electron chi connectivity index (χ3n) is 3.33. The van der Waals surface area contributed by atoms with E-state index < -0.39 is 0 Å². The summed E-state index contributed by atoms with van der Waals surface area (Å²) in [7, 11) is 0. The number of para-hydroxylation sites is 1. The van der Waals surface area contributed by atoms with Gasteiger partial charge < -0.3 is 4.42 Å². The van der Waals surface area contributed by atoms with Gasteiger partial charge in [0.25, 0.3) is 0 Å². The van der Waals surface area contributed by atoms with Gasteiger partial charge in [0.2, 0.25) is 0 Å². The average Bonchev–Trinajstić information content (AvgIpc) is 3.04. The summed E-state index contributed by atoms with van der Waals surface area (Å²) in [5.74, 6) is 7.27. The topological polar surface area (TPSA) is 51.2 Å². The van der Waals surface area contributed by atoms with Crippen LogP contribution in [0.5, 0.6) is 0 Å². The van der Waals surface area contributed by atoms with Gasteiger partial charge in [0, 0.05) is 5.39 Å². The fraction of sp³-hybridized carbons (Fsp3) is 0.385. The van der Waals surface area contributed by atoms with Gasteiger partial charge in [-0.15, -0.1) is 0 Å². The Labute approximate surface area is 105 Å². The average molecular weight is 251 g/mol. The minimum absolute atomic E-state index is 0.0889. The predicted octanol–water partition coefficient (Wildman–Crippen LogP) is 3.39. The van der Waals surface area contributed by atoms with Crippen LogP contribution in [0.25, 0.3) is 11.0 Å². The van der Waals surface area contributed by atoms with Crippen molar-refractivity contribution in [3.63, 3.8) is 0 Å². The molecule has 1 aromatic carbocycles. The zero-order valence-electron chi connectivity index (χ0n) is 9.45. The van der Waals surface area contributed by atoms with Gasteiger partial charge in [0.05, 0.1) is 11.1 Å². The SMILES string of the molecule is NNC(CC1CC1)c1cc2cccc(Cl)c2o1. The van der Waals surface area contributed by atoms with Crippen molar-refractivity contribution in [2.45, 2.75) is 25.3 Å². The smallest absolute Gasteiger partial charge is 0.152 e. The Morgan fingerprint density at radius 2 is 2.29 bits per heavy atom. The summed E-state index contributed by atoms with van der Waals surface area (Å²) in [6, 6.07) is 7.87. The van der Waals surface area contributed by atoms with Crippen LogP contribution < -0.4 is 11.3 Å². The second kappa shape index (κ2) is 4.33. The van der Waals surface area contributed by atoms with Gasteiger partial charge in [-0.1, -0.05) is 36.6 Å². The maximum atomic E-state index is 6.09. The molecular weight excluding hydrogens is 236 g/mol. The number of furan rings is 1. The molecule has 1 atom stereocenters. The van der Waals surface area contributed by atoms with Crippen molar-refractivity contribution < 1.29 is 4.42 Å². The maximum Gasteiger partial charge on any atom is 0.152 e. The molecule has 1 unspecified atom stereocenters. The van der Waals surface area contributed by atoms with Crippen LogP contribution in [0, 0.1) is 5.92 Å². The lowest BCUT2D eigenvalue weighted by Crippen LogP contribution is -2.28. The highest BCUT2D eigenvalue weighted by molar-refractivity contribution is 6.34. The molecular formula is C13H15ClN2O. The normalized spacial score (nSPS) is 17.5. The van der Waals surface area contributed by atoms with Gasteiger partial charge in [0.15, 0.2) is 5.58 Å². The second-order valence-corrected chi connectivity index (χ2v) is 5.11. The number of benzene rings is 1. The molecule has 0 aliphatic heterocycles. The summed E-state index contributed by atoms with van der Waals surface area (Å²) >= 11 is 6.09. The largest absolute Gasteiger partial charge is 0.458 e. The molecule has 17 heavy (non-hydrogen) atoms. The molecule has 3 nitrogen and oxygen atoms in total. The van der Waals surface area contributed by atoms with Crippen molar-refractivity contribution in [3.05, 3.63) is 35.0 Å². The van der Waals surface area contributed by atoms with Crippen molar-refractivity contribution in [1.29, 1.82) is 0 Å². The number of rotatable bonds is 4. The van der Waals surface area contributed by atoms with Crippen LogP contribution in [0.2, 0.25) is 5.02 Å². The molecule has 1 saturated carbocycles. The van der Waals surface area contributed by atoms with E-state index in [-0.39, 0.29) is 6.04 Å². The van der Waals surface area contributed by atoms with E-state index in [2.05, 4.69) is 5.43 Å². The summed E-state index contributed by atoms with van der Waals surface area (Å²) < 4.78 is 5.81. The number of nitrogens with one attached hydrogen (secondary N) is 1. The first kappa shape index (κ1) is 11.1. The molecule has 1 aromatic heterocycles. The van der Waals surface area contributed by atoms with E-state index >= 15 is 0 Å². The van der Waals surface area contributed by atoms with E-state index in [1.54, 1.807) is 0 Å². The van der Waals surface area contributed by atoms with Gasteiger partial charge in [-0.25, -0.2) is 5.43 Å². The zero-order chi connectivity index (χ0) is 11.8. The Kier molecular flexibility index (Phi) is 2.82. The number of hydrogen-bond donors (Lipinski definition) is 2. The van der Waals surface area contributed by atoms with Crippen molar-refractivity contribution in [3.8, 4) is 0 Å². The third-order valence-corrected chi connectivity index (χ3v) is 3.62. The zero-order valence-corrected chi connectivity index (χ0v) is 10.2. The standard InChI is InChI=1S/C13H15ClN2O/c14-10-3-1-2-9-7-12(17-13(9)10)11(16-15)6-8-4-5-8/h1-3,7-8,11,16H,4-6,15H2. The fourth-order valence-corrected chi connectivity index (χ4v) is 2.39. The number of fused-ring (bicyclic) bond motifs is 1. The molecule has 2 aromatic rings. The van der Waals surface area contributed by atoms with Crippen LogP contribution in [0.3, 0.4) is 0 Å². The van der Waals surface area contributed by atoms with Gasteiger partial charge in [-0.2, -0.15) is 0 Å². The van der Waals surface area contributed by atoms with Crippen LogP contribution in [-0.4, -0.2) is 0 Å². The monoisotopic (exact) mass is 250 g/mol. The van der Waals surface area contributed by atoms with Crippen molar-refractivity contribution in [1.82, 2.24) is 5.43 Å². The molecule has 1 fully saturated rings. The quantitative estimate of drug-likeness (QED) is 0.646. The Hall–Kier alpha value is -1.03. The van der Waals surface area contributed by atoms with Gasteiger partial charge in [0.1, 0.15) is 5.76 Å². The Balaban J connectivity index is 1.95. The summed E-state index contributed by atoms with van der Waals surface area (Å²) in [6.45, 7) is 0. The number of hydrogen-bond acceptors (Lipinski definition) is 3. The lowest BCUT2D eigenvalue weighted by Gasteiger charge is -2.11. The van der Waals surface area contributed by atoms with E-state index in [9.17, 15) is 0 Å². The molecule has 3 N–H and O–H groups in total. The van der Waals surface area contributed by atoms with Gasteiger partial charge in [-0.05, 0) is 24.5 Å². The molecule has 4 heteroatoms. The molecule has 90 valence electrons. The number of hydrazine groups is 1. The minimum Gasteiger partial charge on any atom is -0.458 e. The van der Waals surface area contributed by atoms with Gasteiger partial charge in [-0.3, -0.25) is 5.84 Å². The second-order valence-electron chi connectivity index (χ2n) is 4.71. The van der Waals surface area contributed by atoms with Crippen LogP contribution >= 0.6 is 11.6 Å². The fourth-order valence-electron chi connectivity index (χ4n) is 2.17. The number of nitrogens with two attached hydrogens (primary N) is 1. The Bertz CT molecular complexity index is 533. The van der Waals surface area contributed by atoms with Crippen molar-refractivity contribution in [2.24, 2.45) is 11.8 Å². The van der Waals surface area contributed by atoms with E-state index in [4.69, 9.17) is 21.9 Å². The molecule has 1 heterocycles. The maximum absolute atomic E-state index is 6.09. The van der Waals surface area contributed by atoms with E-state index in [0.29, 0.717) is 5.02 Å². The molecule has 0 bridgehead atoms. The predicted molar refractivity (Wildman–Crippen MR) is 68.6 cm³/mol. The first-order chi connectivity index (χ1) is 8.28. The van der Waals surface area contributed by atoms with Crippen molar-refractivity contribution >= 4 is 22.6 Å².